The third-order valence-corrected chi connectivity index (χ3v) is 4.15. The highest BCUT2D eigenvalue weighted by Gasteiger charge is 2.22. The molecule has 0 N–H and O–H groups in total. The number of Topliss-reactive ketones (excluding diaryl/α,β-unsaturated/α-hetero) is 1. The molecule has 1 atom stereocenters. The van der Waals surface area contributed by atoms with Crippen molar-refractivity contribution in [2.24, 2.45) is 0 Å². The molecule has 0 saturated carbocycles. The highest BCUT2D eigenvalue weighted by molar-refractivity contribution is 6.02. The zero-order valence-electron chi connectivity index (χ0n) is 14.9. The molecular formula is C21H19NO4. The van der Waals surface area contributed by atoms with Gasteiger partial charge in [0.25, 0.3) is 0 Å². The number of esters is 1. The number of rotatable bonds is 5. The molecule has 0 aliphatic carbocycles. The normalized spacial score (nSPS) is 11.8. The second-order valence-corrected chi connectivity index (χ2v) is 5.96. The van der Waals surface area contributed by atoms with Crippen LogP contribution in [0, 0.1) is 6.92 Å². The maximum atomic E-state index is 12.5. The molecule has 2 aromatic carbocycles. The number of aryl methyl sites for hydroxylation is 1. The maximum Gasteiger partial charge on any atom is 0.340 e. The van der Waals surface area contributed by atoms with Crippen LogP contribution in [-0.4, -0.2) is 30.0 Å². The van der Waals surface area contributed by atoms with Crippen LogP contribution in [0.1, 0.15) is 33.3 Å². The molecule has 5 heteroatoms. The molecule has 0 spiro atoms. The van der Waals surface area contributed by atoms with E-state index in [4.69, 9.17) is 9.47 Å². The van der Waals surface area contributed by atoms with E-state index in [0.717, 1.165) is 10.9 Å². The van der Waals surface area contributed by atoms with Crippen LogP contribution in [-0.2, 0) is 4.74 Å². The number of pyridine rings is 1. The molecule has 5 nitrogen and oxygen atoms in total. The van der Waals surface area contributed by atoms with Gasteiger partial charge in [-0.3, -0.25) is 9.78 Å². The minimum absolute atomic E-state index is 0.241. The number of methoxy groups -OCH3 is 1. The number of nitrogens with zero attached hydrogens (tertiary/aromatic N) is 1. The van der Waals surface area contributed by atoms with Gasteiger partial charge in [0, 0.05) is 17.0 Å². The first-order valence-electron chi connectivity index (χ1n) is 8.25. The monoisotopic (exact) mass is 349 g/mol. The zero-order valence-corrected chi connectivity index (χ0v) is 14.9. The van der Waals surface area contributed by atoms with E-state index in [2.05, 4.69) is 4.98 Å². The van der Waals surface area contributed by atoms with E-state index in [1.165, 1.54) is 0 Å². The molecule has 132 valence electrons. The van der Waals surface area contributed by atoms with E-state index < -0.39 is 12.1 Å². The lowest BCUT2D eigenvalue weighted by atomic mass is 10.1. The van der Waals surface area contributed by atoms with Gasteiger partial charge in [-0.25, -0.2) is 4.79 Å². The molecule has 0 aliphatic heterocycles. The van der Waals surface area contributed by atoms with Gasteiger partial charge in [0.15, 0.2) is 6.10 Å². The SMILES string of the molecule is COc1ccc2cc(C(=O)O[C@@H](C)C(=O)c3ccccc3)c(C)nc2c1. The fourth-order valence-corrected chi connectivity index (χ4v) is 2.69. The Morgan fingerprint density at radius 1 is 1.04 bits per heavy atom. The predicted molar refractivity (Wildman–Crippen MR) is 98.7 cm³/mol. The molecule has 0 unspecified atom stereocenters. The summed E-state index contributed by atoms with van der Waals surface area (Å²) in [5.41, 5.74) is 2.12. The van der Waals surface area contributed by atoms with Crippen molar-refractivity contribution < 1.29 is 19.1 Å². The molecule has 0 amide bonds. The largest absolute Gasteiger partial charge is 0.497 e. The van der Waals surface area contributed by atoms with Gasteiger partial charge in [-0.1, -0.05) is 30.3 Å². The van der Waals surface area contributed by atoms with Crippen molar-refractivity contribution in [2.75, 3.05) is 7.11 Å². The number of hydrogen-bond acceptors (Lipinski definition) is 5. The Hall–Kier alpha value is -3.21. The molecule has 0 aliphatic rings. The zero-order chi connectivity index (χ0) is 18.7. The highest BCUT2D eigenvalue weighted by atomic mass is 16.5. The maximum absolute atomic E-state index is 12.5. The summed E-state index contributed by atoms with van der Waals surface area (Å²) in [6.07, 6.45) is -0.879. The number of carbonyl (C=O) groups excluding carboxylic acids is 2. The van der Waals surface area contributed by atoms with Gasteiger partial charge in [-0.15, -0.1) is 0 Å². The van der Waals surface area contributed by atoms with Gasteiger partial charge in [-0.05, 0) is 32.0 Å². The molecule has 0 fully saturated rings. The number of ether oxygens (including phenoxy) is 2. The first-order valence-corrected chi connectivity index (χ1v) is 8.25. The van der Waals surface area contributed by atoms with Crippen LogP contribution in [0.2, 0.25) is 0 Å². The first-order chi connectivity index (χ1) is 12.5. The molecular weight excluding hydrogens is 330 g/mol. The summed E-state index contributed by atoms with van der Waals surface area (Å²) in [6, 6.07) is 15.9. The summed E-state index contributed by atoms with van der Waals surface area (Å²) in [5.74, 6) is -0.110. The Bertz CT molecular complexity index is 966. The van der Waals surface area contributed by atoms with Crippen molar-refractivity contribution in [2.45, 2.75) is 20.0 Å². The van der Waals surface area contributed by atoms with Crippen LogP contribution >= 0.6 is 0 Å². The summed E-state index contributed by atoms with van der Waals surface area (Å²) in [5, 5.41) is 0.797. The van der Waals surface area contributed by atoms with Crippen LogP contribution in [0.15, 0.2) is 54.6 Å². The van der Waals surface area contributed by atoms with E-state index in [9.17, 15) is 9.59 Å². The minimum atomic E-state index is -0.879. The van der Waals surface area contributed by atoms with Crippen LogP contribution in [0.4, 0.5) is 0 Å². The molecule has 0 bridgehead atoms. The smallest absolute Gasteiger partial charge is 0.340 e. The van der Waals surface area contributed by atoms with Gasteiger partial charge in [-0.2, -0.15) is 0 Å². The average Bonchev–Trinajstić information content (AvgIpc) is 2.66. The number of ketones is 1. The van der Waals surface area contributed by atoms with Crippen molar-refractivity contribution in [1.82, 2.24) is 4.98 Å². The molecule has 0 radical (unpaired) electrons. The second-order valence-electron chi connectivity index (χ2n) is 5.96. The van der Waals surface area contributed by atoms with Gasteiger partial charge in [0.05, 0.1) is 23.9 Å². The lowest BCUT2D eigenvalue weighted by Crippen LogP contribution is -2.25. The minimum Gasteiger partial charge on any atom is -0.497 e. The molecule has 0 saturated heterocycles. The summed E-state index contributed by atoms with van der Waals surface area (Å²) < 4.78 is 10.6. The lowest BCUT2D eigenvalue weighted by molar-refractivity contribution is 0.0318. The lowest BCUT2D eigenvalue weighted by Gasteiger charge is -2.14. The highest BCUT2D eigenvalue weighted by Crippen LogP contribution is 2.22. The van der Waals surface area contributed by atoms with E-state index in [1.54, 1.807) is 63.4 Å². The molecule has 3 rings (SSSR count). The average molecular weight is 349 g/mol. The predicted octanol–water partition coefficient (Wildman–Crippen LogP) is 3.98. The van der Waals surface area contributed by atoms with Gasteiger partial charge in [0.2, 0.25) is 5.78 Å². The number of carbonyl (C=O) groups is 2. The van der Waals surface area contributed by atoms with Crippen molar-refractivity contribution in [3.8, 4) is 5.75 Å². The van der Waals surface area contributed by atoms with E-state index in [0.29, 0.717) is 22.6 Å². The van der Waals surface area contributed by atoms with Crippen molar-refractivity contribution in [1.29, 1.82) is 0 Å². The Morgan fingerprint density at radius 3 is 2.46 bits per heavy atom. The van der Waals surface area contributed by atoms with E-state index in [1.807, 2.05) is 12.1 Å². The van der Waals surface area contributed by atoms with Crippen molar-refractivity contribution >= 4 is 22.7 Å². The second kappa shape index (κ2) is 7.35. The van der Waals surface area contributed by atoms with Crippen LogP contribution in [0.25, 0.3) is 10.9 Å². The quantitative estimate of drug-likeness (QED) is 0.515. The first kappa shape index (κ1) is 17.6. The fraction of sp³-hybridized carbons (Fsp3) is 0.190. The van der Waals surface area contributed by atoms with Crippen LogP contribution < -0.4 is 4.74 Å². The van der Waals surface area contributed by atoms with E-state index >= 15 is 0 Å². The van der Waals surface area contributed by atoms with Gasteiger partial charge < -0.3 is 9.47 Å². The molecule has 3 aromatic rings. The Labute approximate surface area is 151 Å². The Kier molecular flexibility index (Phi) is 4.98. The summed E-state index contributed by atoms with van der Waals surface area (Å²) >= 11 is 0. The standard InChI is InChI=1S/C21H19NO4/c1-13-18(11-16-9-10-17(25-3)12-19(16)22-13)21(24)26-14(2)20(23)15-7-5-4-6-8-15/h4-12,14H,1-3H3/t14-/m0/s1. The van der Waals surface area contributed by atoms with E-state index in [-0.39, 0.29) is 5.78 Å². The van der Waals surface area contributed by atoms with Crippen molar-refractivity contribution in [3.63, 3.8) is 0 Å². The van der Waals surface area contributed by atoms with Crippen molar-refractivity contribution in [3.05, 3.63) is 71.4 Å². The summed E-state index contributed by atoms with van der Waals surface area (Å²) in [4.78, 5) is 29.4. The Balaban J connectivity index is 1.83. The molecule has 26 heavy (non-hydrogen) atoms. The summed E-state index contributed by atoms with van der Waals surface area (Å²) in [7, 11) is 1.59. The third kappa shape index (κ3) is 3.57. The fourth-order valence-electron chi connectivity index (χ4n) is 2.69. The topological polar surface area (TPSA) is 65.5 Å². The number of hydrogen-bond donors (Lipinski definition) is 0. The summed E-state index contributed by atoms with van der Waals surface area (Å²) in [6.45, 7) is 3.31. The number of benzene rings is 2. The number of fused-ring (bicyclic) bond motifs is 1. The number of aromatic nitrogens is 1. The third-order valence-electron chi connectivity index (χ3n) is 4.15. The molecule has 1 aromatic heterocycles. The molecule has 1 heterocycles. The van der Waals surface area contributed by atoms with Gasteiger partial charge in [0.1, 0.15) is 5.75 Å². The Morgan fingerprint density at radius 2 is 1.77 bits per heavy atom. The van der Waals surface area contributed by atoms with Gasteiger partial charge >= 0.3 is 5.97 Å². The van der Waals surface area contributed by atoms with Crippen LogP contribution in [0.3, 0.4) is 0 Å². The van der Waals surface area contributed by atoms with Crippen LogP contribution in [0.5, 0.6) is 5.75 Å².